The predicted octanol–water partition coefficient (Wildman–Crippen LogP) is 3.66. The second kappa shape index (κ2) is 5.58. The van der Waals surface area contributed by atoms with Gasteiger partial charge in [0.2, 0.25) is 0 Å². The lowest BCUT2D eigenvalue weighted by Gasteiger charge is -2.20. The van der Waals surface area contributed by atoms with Gasteiger partial charge in [-0.2, -0.15) is 0 Å². The Bertz CT molecular complexity index is 349. The van der Waals surface area contributed by atoms with Crippen LogP contribution in [0.1, 0.15) is 39.2 Å². The minimum atomic E-state index is -0.539. The van der Waals surface area contributed by atoms with E-state index >= 15 is 0 Å². The first-order valence-corrected chi connectivity index (χ1v) is 5.97. The van der Waals surface area contributed by atoms with Crippen LogP contribution in [-0.4, -0.2) is 6.04 Å². The van der Waals surface area contributed by atoms with Crippen LogP contribution in [0.5, 0.6) is 0 Å². The van der Waals surface area contributed by atoms with Gasteiger partial charge in [-0.15, -0.1) is 0 Å². The lowest BCUT2D eigenvalue weighted by molar-refractivity contribution is 0.347. The van der Waals surface area contributed by atoms with Gasteiger partial charge in [-0.3, -0.25) is 0 Å². The fraction of sp³-hybridized carbons (Fsp3) is 0.571. The Balaban J connectivity index is 2.53. The van der Waals surface area contributed by atoms with Gasteiger partial charge in [0.05, 0.1) is 0 Å². The molecule has 0 amide bonds. The van der Waals surface area contributed by atoms with E-state index in [1.807, 2.05) is 0 Å². The summed E-state index contributed by atoms with van der Waals surface area (Å²) in [6.07, 6.45) is 2.39. The van der Waals surface area contributed by atoms with Crippen molar-refractivity contribution in [2.45, 2.75) is 46.1 Å². The zero-order chi connectivity index (χ0) is 13.1. The van der Waals surface area contributed by atoms with Crippen LogP contribution in [0.2, 0.25) is 0 Å². The lowest BCUT2D eigenvalue weighted by atomic mass is 9.87. The maximum absolute atomic E-state index is 13.0. The van der Waals surface area contributed by atoms with Crippen molar-refractivity contribution >= 4 is 0 Å². The molecule has 17 heavy (non-hydrogen) atoms. The molecular formula is C14H21F2N. The molecule has 1 aromatic rings. The van der Waals surface area contributed by atoms with Gasteiger partial charge in [0.15, 0.2) is 0 Å². The number of hydrogen-bond donors (Lipinski definition) is 1. The summed E-state index contributed by atoms with van der Waals surface area (Å²) in [7, 11) is 0. The van der Waals surface area contributed by atoms with Crippen LogP contribution in [0.15, 0.2) is 18.2 Å². The fourth-order valence-corrected chi connectivity index (χ4v) is 1.75. The molecule has 0 radical (unpaired) electrons. The standard InChI is InChI=1S/C14H21F2N/c1-14(2,3)5-4-13(17)8-10-6-11(15)9-12(16)7-10/h6-7,9,13H,4-5,8,17H2,1-3H3. The summed E-state index contributed by atoms with van der Waals surface area (Å²) in [4.78, 5) is 0. The van der Waals surface area contributed by atoms with Crippen LogP contribution in [0, 0.1) is 17.0 Å². The van der Waals surface area contributed by atoms with Gasteiger partial charge in [0, 0.05) is 12.1 Å². The lowest BCUT2D eigenvalue weighted by Crippen LogP contribution is -2.24. The summed E-state index contributed by atoms with van der Waals surface area (Å²) in [6.45, 7) is 6.46. The summed E-state index contributed by atoms with van der Waals surface area (Å²) in [5.41, 5.74) is 6.84. The summed E-state index contributed by atoms with van der Waals surface area (Å²) in [6, 6.07) is 3.53. The molecule has 0 aromatic heterocycles. The molecule has 2 N–H and O–H groups in total. The maximum atomic E-state index is 13.0. The minimum absolute atomic E-state index is 0.0459. The average molecular weight is 241 g/mol. The topological polar surface area (TPSA) is 26.0 Å². The van der Waals surface area contributed by atoms with Crippen molar-refractivity contribution < 1.29 is 8.78 Å². The molecule has 0 fully saturated rings. The Kier molecular flexibility index (Phi) is 4.63. The van der Waals surface area contributed by atoms with Crippen LogP contribution < -0.4 is 5.73 Å². The van der Waals surface area contributed by atoms with Gasteiger partial charge in [0.25, 0.3) is 0 Å². The third-order valence-corrected chi connectivity index (χ3v) is 2.69. The first-order chi connectivity index (χ1) is 7.76. The van der Waals surface area contributed by atoms with E-state index in [1.54, 1.807) is 0 Å². The Labute approximate surface area is 102 Å². The van der Waals surface area contributed by atoms with Crippen molar-refractivity contribution in [3.05, 3.63) is 35.4 Å². The summed E-state index contributed by atoms with van der Waals surface area (Å²) < 4.78 is 25.9. The average Bonchev–Trinajstić information content (AvgIpc) is 2.11. The van der Waals surface area contributed by atoms with Gasteiger partial charge >= 0.3 is 0 Å². The first kappa shape index (κ1) is 14.1. The molecule has 0 saturated carbocycles. The van der Waals surface area contributed by atoms with Crippen LogP contribution in [0.3, 0.4) is 0 Å². The third kappa shape index (κ3) is 5.78. The molecule has 0 aliphatic heterocycles. The Morgan fingerprint density at radius 1 is 1.12 bits per heavy atom. The molecule has 3 heteroatoms. The summed E-state index contributed by atoms with van der Waals surface area (Å²) in [5, 5.41) is 0. The molecule has 96 valence electrons. The largest absolute Gasteiger partial charge is 0.327 e. The molecule has 1 aromatic carbocycles. The van der Waals surface area contributed by atoms with E-state index in [2.05, 4.69) is 20.8 Å². The Hall–Kier alpha value is -0.960. The second-order valence-corrected chi connectivity index (χ2v) is 5.84. The maximum Gasteiger partial charge on any atom is 0.126 e. The highest BCUT2D eigenvalue weighted by atomic mass is 19.1. The van der Waals surface area contributed by atoms with E-state index in [1.165, 1.54) is 12.1 Å². The number of halogens is 2. The minimum Gasteiger partial charge on any atom is -0.327 e. The summed E-state index contributed by atoms with van der Waals surface area (Å²) >= 11 is 0. The molecule has 1 atom stereocenters. The van der Waals surface area contributed by atoms with Crippen LogP contribution in [0.25, 0.3) is 0 Å². The van der Waals surface area contributed by atoms with Crippen molar-refractivity contribution in [1.82, 2.24) is 0 Å². The van der Waals surface area contributed by atoms with E-state index in [0.717, 1.165) is 18.9 Å². The van der Waals surface area contributed by atoms with Crippen molar-refractivity contribution in [3.63, 3.8) is 0 Å². The zero-order valence-electron chi connectivity index (χ0n) is 10.8. The molecule has 0 heterocycles. The molecule has 0 spiro atoms. The molecule has 0 aliphatic carbocycles. The SMILES string of the molecule is CC(C)(C)CCC(N)Cc1cc(F)cc(F)c1. The highest BCUT2D eigenvalue weighted by molar-refractivity contribution is 5.18. The molecule has 1 rings (SSSR count). The third-order valence-electron chi connectivity index (χ3n) is 2.69. The number of nitrogens with two attached hydrogens (primary N) is 1. The summed E-state index contributed by atoms with van der Waals surface area (Å²) in [5.74, 6) is -1.08. The van der Waals surface area contributed by atoms with Crippen LogP contribution in [-0.2, 0) is 6.42 Å². The van der Waals surface area contributed by atoms with Crippen LogP contribution in [0.4, 0.5) is 8.78 Å². The number of benzene rings is 1. The van der Waals surface area contributed by atoms with E-state index in [4.69, 9.17) is 5.73 Å². The van der Waals surface area contributed by atoms with Gasteiger partial charge in [-0.25, -0.2) is 8.78 Å². The number of rotatable bonds is 4. The zero-order valence-corrected chi connectivity index (χ0v) is 10.8. The normalized spacial score (nSPS) is 13.8. The van der Waals surface area contributed by atoms with Gasteiger partial charge in [-0.05, 0) is 42.4 Å². The van der Waals surface area contributed by atoms with Crippen molar-refractivity contribution in [2.75, 3.05) is 0 Å². The van der Waals surface area contributed by atoms with E-state index < -0.39 is 11.6 Å². The molecule has 0 aliphatic rings. The predicted molar refractivity (Wildman–Crippen MR) is 66.7 cm³/mol. The second-order valence-electron chi connectivity index (χ2n) is 5.84. The Morgan fingerprint density at radius 3 is 2.12 bits per heavy atom. The van der Waals surface area contributed by atoms with E-state index in [0.29, 0.717) is 12.0 Å². The smallest absolute Gasteiger partial charge is 0.126 e. The van der Waals surface area contributed by atoms with E-state index in [9.17, 15) is 8.78 Å². The van der Waals surface area contributed by atoms with Gasteiger partial charge in [-0.1, -0.05) is 20.8 Å². The molecule has 0 saturated heterocycles. The Morgan fingerprint density at radius 2 is 1.65 bits per heavy atom. The molecule has 0 bridgehead atoms. The van der Waals surface area contributed by atoms with Gasteiger partial charge < -0.3 is 5.73 Å². The van der Waals surface area contributed by atoms with Crippen molar-refractivity contribution in [2.24, 2.45) is 11.1 Å². The quantitative estimate of drug-likeness (QED) is 0.855. The highest BCUT2D eigenvalue weighted by Gasteiger charge is 2.13. The van der Waals surface area contributed by atoms with Gasteiger partial charge in [0.1, 0.15) is 11.6 Å². The first-order valence-electron chi connectivity index (χ1n) is 5.97. The van der Waals surface area contributed by atoms with E-state index in [-0.39, 0.29) is 11.5 Å². The van der Waals surface area contributed by atoms with Crippen molar-refractivity contribution in [1.29, 1.82) is 0 Å². The van der Waals surface area contributed by atoms with Crippen LogP contribution >= 0.6 is 0 Å². The highest BCUT2D eigenvalue weighted by Crippen LogP contribution is 2.22. The molecule has 1 unspecified atom stereocenters. The molecule has 1 nitrogen and oxygen atoms in total. The molecular weight excluding hydrogens is 220 g/mol. The number of hydrogen-bond acceptors (Lipinski definition) is 1. The fourth-order valence-electron chi connectivity index (χ4n) is 1.75. The van der Waals surface area contributed by atoms with Crippen molar-refractivity contribution in [3.8, 4) is 0 Å². The monoisotopic (exact) mass is 241 g/mol.